The van der Waals surface area contributed by atoms with E-state index >= 15 is 0 Å². The van der Waals surface area contributed by atoms with Crippen LogP contribution in [0, 0.1) is 0 Å². The zero-order valence-electron chi connectivity index (χ0n) is 13.9. The average Bonchev–Trinajstić information content (AvgIpc) is 3.27. The third-order valence-electron chi connectivity index (χ3n) is 4.68. The van der Waals surface area contributed by atoms with E-state index in [0.29, 0.717) is 12.2 Å². The van der Waals surface area contributed by atoms with E-state index in [2.05, 4.69) is 24.1 Å². The van der Waals surface area contributed by atoms with Gasteiger partial charge in [0.05, 0.1) is 17.4 Å². The van der Waals surface area contributed by atoms with E-state index in [1.807, 2.05) is 43.4 Å². The first-order valence-electron chi connectivity index (χ1n) is 8.21. The molecule has 1 N–H and O–H groups in total. The number of amides is 1. The molecule has 0 aliphatic carbocycles. The first kappa shape index (κ1) is 15.2. The molecule has 1 atom stereocenters. The summed E-state index contributed by atoms with van der Waals surface area (Å²) in [5.41, 5.74) is 5.24. The lowest BCUT2D eigenvalue weighted by atomic mass is 9.84. The number of pyridine rings is 1. The van der Waals surface area contributed by atoms with Crippen LogP contribution in [0.3, 0.4) is 0 Å². The van der Waals surface area contributed by atoms with Crippen LogP contribution in [0.5, 0.6) is 0 Å². The summed E-state index contributed by atoms with van der Waals surface area (Å²) in [4.78, 5) is 16.8. The van der Waals surface area contributed by atoms with Gasteiger partial charge in [-0.05, 0) is 23.8 Å². The van der Waals surface area contributed by atoms with Crippen LogP contribution in [-0.2, 0) is 11.8 Å². The lowest BCUT2D eigenvalue weighted by Gasteiger charge is -2.24. The van der Waals surface area contributed by atoms with Crippen LogP contribution in [-0.4, -0.2) is 29.4 Å². The van der Waals surface area contributed by atoms with Gasteiger partial charge in [0.25, 0.3) is 0 Å². The van der Waals surface area contributed by atoms with Crippen LogP contribution in [0.15, 0.2) is 42.6 Å². The van der Waals surface area contributed by atoms with E-state index in [9.17, 15) is 4.79 Å². The predicted molar refractivity (Wildman–Crippen MR) is 98.9 cm³/mol. The predicted octanol–water partition coefficient (Wildman–Crippen LogP) is 2.96. The van der Waals surface area contributed by atoms with Gasteiger partial charge in [0.1, 0.15) is 22.5 Å². The number of rotatable bonds is 2. The van der Waals surface area contributed by atoms with E-state index in [1.54, 1.807) is 10.9 Å². The Bertz CT molecular complexity index is 1130. The second kappa shape index (κ2) is 5.70. The van der Waals surface area contributed by atoms with Crippen LogP contribution in [0.1, 0.15) is 23.5 Å². The quantitative estimate of drug-likeness (QED) is 0.592. The Balaban J connectivity index is 1.78. The Labute approximate surface area is 153 Å². The first-order valence-corrected chi connectivity index (χ1v) is 8.94. The number of aromatic nitrogens is 5. The van der Waals surface area contributed by atoms with Crippen molar-refractivity contribution in [2.75, 3.05) is 5.32 Å². The number of anilines is 1. The molecule has 4 aromatic rings. The van der Waals surface area contributed by atoms with Gasteiger partial charge in [-0.2, -0.15) is 13.8 Å². The van der Waals surface area contributed by atoms with Crippen LogP contribution in [0.4, 0.5) is 5.82 Å². The highest BCUT2D eigenvalue weighted by molar-refractivity contribution is 7.00. The highest BCUT2D eigenvalue weighted by Crippen LogP contribution is 2.43. The molecule has 0 unspecified atom stereocenters. The number of carbonyl (C=O) groups is 1. The first-order chi connectivity index (χ1) is 12.7. The zero-order chi connectivity index (χ0) is 17.7. The number of nitrogens with one attached hydrogen (secondary N) is 1. The van der Waals surface area contributed by atoms with Gasteiger partial charge in [0.15, 0.2) is 0 Å². The van der Waals surface area contributed by atoms with Crippen LogP contribution < -0.4 is 5.32 Å². The van der Waals surface area contributed by atoms with E-state index in [4.69, 9.17) is 0 Å². The molecule has 1 aliphatic rings. The minimum atomic E-state index is -0.142. The molecule has 3 aromatic heterocycles. The van der Waals surface area contributed by atoms with E-state index in [1.165, 1.54) is 11.7 Å². The number of fused-ring (bicyclic) bond motifs is 2. The molecule has 1 amide bonds. The van der Waals surface area contributed by atoms with Crippen molar-refractivity contribution < 1.29 is 4.79 Å². The summed E-state index contributed by atoms with van der Waals surface area (Å²) in [6, 6.07) is 11.7. The van der Waals surface area contributed by atoms with E-state index < -0.39 is 0 Å². The van der Waals surface area contributed by atoms with Crippen molar-refractivity contribution in [1.82, 2.24) is 23.5 Å². The largest absolute Gasteiger partial charge is 0.311 e. The highest BCUT2D eigenvalue weighted by atomic mass is 32.1. The number of hydrogen-bond acceptors (Lipinski definition) is 6. The standard InChI is InChI=1S/C18H14N6OS/c1-24-18-15(17(21-24)12-6-2-3-8-19-12)11(9-14(25)20-18)10-5-4-7-13-16(10)23-26-22-13/h2-8,11H,9H2,1H3,(H,20,25)/t11-/m1/s1. The van der Waals surface area contributed by atoms with Crippen molar-refractivity contribution in [1.29, 1.82) is 0 Å². The van der Waals surface area contributed by atoms with E-state index in [0.717, 1.165) is 33.5 Å². The number of aryl methyl sites for hydroxylation is 1. The fraction of sp³-hybridized carbons (Fsp3) is 0.167. The lowest BCUT2D eigenvalue weighted by Crippen LogP contribution is -2.24. The molecule has 5 rings (SSSR count). The SMILES string of the molecule is Cn1nc(-c2ccccn2)c2c1NC(=O)C[C@@H]2c1cccc2nsnc12. The topological polar surface area (TPSA) is 85.6 Å². The molecular weight excluding hydrogens is 348 g/mol. The summed E-state index contributed by atoms with van der Waals surface area (Å²) in [7, 11) is 1.83. The molecule has 0 fully saturated rings. The maximum absolute atomic E-state index is 12.4. The Morgan fingerprint density at radius 2 is 2.12 bits per heavy atom. The molecule has 0 saturated heterocycles. The third kappa shape index (κ3) is 2.22. The minimum Gasteiger partial charge on any atom is -0.311 e. The molecule has 128 valence electrons. The van der Waals surface area contributed by atoms with Crippen molar-refractivity contribution in [2.45, 2.75) is 12.3 Å². The number of carbonyl (C=O) groups excluding carboxylic acids is 1. The summed E-state index contributed by atoms with van der Waals surface area (Å²) in [5.74, 6) is 0.544. The molecule has 0 radical (unpaired) electrons. The van der Waals surface area contributed by atoms with E-state index in [-0.39, 0.29) is 11.8 Å². The maximum atomic E-state index is 12.4. The number of hydrogen-bond donors (Lipinski definition) is 1. The highest BCUT2D eigenvalue weighted by Gasteiger charge is 2.34. The summed E-state index contributed by atoms with van der Waals surface area (Å²) in [5, 5.41) is 7.61. The Hall–Kier alpha value is -3.13. The van der Waals surface area contributed by atoms with Crippen molar-refractivity contribution in [3.63, 3.8) is 0 Å². The van der Waals surface area contributed by atoms with Gasteiger partial charge < -0.3 is 5.32 Å². The third-order valence-corrected chi connectivity index (χ3v) is 5.22. The monoisotopic (exact) mass is 362 g/mol. The van der Waals surface area contributed by atoms with Gasteiger partial charge in [-0.15, -0.1) is 0 Å². The Morgan fingerprint density at radius 3 is 2.96 bits per heavy atom. The van der Waals surface area contributed by atoms with Crippen molar-refractivity contribution in [3.8, 4) is 11.4 Å². The molecule has 7 nitrogen and oxygen atoms in total. The minimum absolute atomic E-state index is 0.0294. The van der Waals surface area contributed by atoms with Crippen molar-refractivity contribution in [2.24, 2.45) is 7.05 Å². The van der Waals surface area contributed by atoms with Crippen molar-refractivity contribution in [3.05, 3.63) is 53.7 Å². The molecular formula is C18H14N6OS. The normalized spacial score (nSPS) is 16.5. The Morgan fingerprint density at radius 1 is 1.19 bits per heavy atom. The summed E-state index contributed by atoms with van der Waals surface area (Å²) < 4.78 is 10.5. The lowest BCUT2D eigenvalue weighted by molar-refractivity contribution is -0.116. The fourth-order valence-corrected chi connectivity index (χ4v) is 4.11. The summed E-state index contributed by atoms with van der Waals surface area (Å²) >= 11 is 1.19. The summed E-state index contributed by atoms with van der Waals surface area (Å²) in [6.45, 7) is 0. The average molecular weight is 362 g/mol. The number of benzene rings is 1. The second-order valence-electron chi connectivity index (χ2n) is 6.23. The van der Waals surface area contributed by atoms with Gasteiger partial charge >= 0.3 is 0 Å². The smallest absolute Gasteiger partial charge is 0.226 e. The second-order valence-corrected chi connectivity index (χ2v) is 6.76. The zero-order valence-corrected chi connectivity index (χ0v) is 14.7. The fourth-order valence-electron chi connectivity index (χ4n) is 3.55. The molecule has 0 saturated carbocycles. The van der Waals surface area contributed by atoms with Gasteiger partial charge in [-0.3, -0.25) is 14.5 Å². The molecule has 26 heavy (non-hydrogen) atoms. The van der Waals surface area contributed by atoms with Crippen LogP contribution in [0.25, 0.3) is 22.4 Å². The van der Waals surface area contributed by atoms with Gasteiger partial charge in [-0.1, -0.05) is 18.2 Å². The van der Waals surface area contributed by atoms with Gasteiger partial charge in [0.2, 0.25) is 5.91 Å². The summed E-state index contributed by atoms with van der Waals surface area (Å²) in [6.07, 6.45) is 2.09. The van der Waals surface area contributed by atoms with Gasteiger partial charge in [0, 0.05) is 31.1 Å². The molecule has 1 aromatic carbocycles. The van der Waals surface area contributed by atoms with Crippen molar-refractivity contribution >= 4 is 34.5 Å². The van der Waals surface area contributed by atoms with Gasteiger partial charge in [-0.25, -0.2) is 0 Å². The molecule has 0 bridgehead atoms. The van der Waals surface area contributed by atoms with Crippen LogP contribution >= 0.6 is 11.7 Å². The van der Waals surface area contributed by atoms with Crippen LogP contribution in [0.2, 0.25) is 0 Å². The maximum Gasteiger partial charge on any atom is 0.226 e. The molecule has 8 heteroatoms. The number of nitrogens with zero attached hydrogens (tertiary/aromatic N) is 5. The molecule has 4 heterocycles. The molecule has 1 aliphatic heterocycles. The Kier molecular flexibility index (Phi) is 3.32. The molecule has 0 spiro atoms.